The summed E-state index contributed by atoms with van der Waals surface area (Å²) in [6.07, 6.45) is 0. The predicted octanol–water partition coefficient (Wildman–Crippen LogP) is -4.19. The van der Waals surface area contributed by atoms with Gasteiger partial charge in [0.15, 0.2) is 0 Å². The quantitative estimate of drug-likeness (QED) is 0.385. The zero-order valence-corrected chi connectivity index (χ0v) is 12.4. The molecule has 0 aliphatic rings. The maximum Gasteiger partial charge on any atom is 1.00 e. The van der Waals surface area contributed by atoms with E-state index in [0.717, 1.165) is 0 Å². The molecular weight excluding hydrogens is 257 g/mol. The van der Waals surface area contributed by atoms with Crippen LogP contribution in [0, 0.1) is 0 Å². The van der Waals surface area contributed by atoms with Crippen LogP contribution in [0.2, 0.25) is 0 Å². The molecule has 0 aromatic heterocycles. The number of hydrogen-bond donors (Lipinski definition) is 2. The second kappa shape index (κ2) is 6.50. The fraction of sp³-hybridized carbons (Fsp3) is 1.00. The molecule has 88 valence electrons. The van der Waals surface area contributed by atoms with Crippen molar-refractivity contribution in [2.24, 2.45) is 0 Å². The van der Waals surface area contributed by atoms with Crippen LogP contribution >= 0.6 is 0 Å². The summed E-state index contributed by atoms with van der Waals surface area (Å²) < 4.78 is 58.9. The molecule has 0 spiro atoms. The zero-order valence-electron chi connectivity index (χ0n) is 9.78. The number of nitrogens with zero attached hydrogens (tertiary/aromatic N) is 1. The van der Waals surface area contributed by atoms with Gasteiger partial charge < -0.3 is 6.33 Å². The summed E-state index contributed by atoms with van der Waals surface area (Å²) in [6, 6.07) is -0.972. The van der Waals surface area contributed by atoms with Crippen molar-refractivity contribution >= 4 is 20.2 Å². The number of hydrogen-bond acceptors (Lipinski definition) is 5. The van der Waals surface area contributed by atoms with Crippen molar-refractivity contribution in [2.45, 2.75) is 6.04 Å². The van der Waals surface area contributed by atoms with Gasteiger partial charge in [0.1, 0.15) is 0 Å². The van der Waals surface area contributed by atoms with Gasteiger partial charge in [-0.2, -0.15) is 16.8 Å². The van der Waals surface area contributed by atoms with E-state index in [1.807, 2.05) is 0 Å². The minimum absolute atomic E-state index is 0. The Kier molecular flexibility index (Phi) is 7.87. The monoisotopic (exact) mass is 271 g/mol. The molecule has 0 radical (unpaired) electrons. The molecule has 0 bridgehead atoms. The predicted molar refractivity (Wildman–Crippen MR) is 51.4 cm³/mol. The average molecular weight is 271 g/mol. The van der Waals surface area contributed by atoms with Crippen LogP contribution in [-0.2, 0) is 20.2 Å². The Hall–Kier alpha value is 0.780. The second-order valence-electron chi connectivity index (χ2n) is 3.11. The van der Waals surface area contributed by atoms with Crippen LogP contribution in [0.4, 0.5) is 0 Å². The molecule has 0 saturated heterocycles. The Morgan fingerprint density at radius 1 is 1.07 bits per heavy atom. The van der Waals surface area contributed by atoms with Crippen molar-refractivity contribution in [1.82, 2.24) is 4.90 Å². The van der Waals surface area contributed by atoms with Crippen LogP contribution in [0.25, 0.3) is 0 Å². The smallest absolute Gasteiger partial charge is 1.00 e. The standard InChI is InChI=1S/C5H13NO6S2.Na.H/c1-6(2)5(3-13(7,8)9)4-14(10,11)12;;/h5H,3-4H2,1-2H3,(H,7,8,9)(H,10,11,12);;/q;+1;-1. The molecule has 0 heterocycles. The van der Waals surface area contributed by atoms with E-state index >= 15 is 0 Å². The fourth-order valence-corrected chi connectivity index (χ4v) is 2.79. The first-order valence-corrected chi connectivity index (χ1v) is 6.80. The molecule has 0 rings (SSSR count). The van der Waals surface area contributed by atoms with Gasteiger partial charge in [-0.1, -0.05) is 0 Å². The normalized spacial score (nSPS) is 12.9. The van der Waals surface area contributed by atoms with Crippen LogP contribution in [0.15, 0.2) is 0 Å². The Balaban J connectivity index is -0.000000845. The number of rotatable bonds is 5. The van der Waals surface area contributed by atoms with Crippen LogP contribution in [-0.4, -0.2) is 62.5 Å². The third-order valence-electron chi connectivity index (χ3n) is 1.54. The summed E-state index contributed by atoms with van der Waals surface area (Å²) >= 11 is 0. The van der Waals surface area contributed by atoms with E-state index in [9.17, 15) is 16.8 Å². The molecular formula is C5H14NNaO6S2. The molecule has 2 N–H and O–H groups in total. The summed E-state index contributed by atoms with van der Waals surface area (Å²) in [7, 11) is -5.62. The van der Waals surface area contributed by atoms with Crippen molar-refractivity contribution in [3.63, 3.8) is 0 Å². The summed E-state index contributed by atoms with van der Waals surface area (Å²) in [6.45, 7) is 0. The topological polar surface area (TPSA) is 112 Å². The molecule has 7 nitrogen and oxygen atoms in total. The van der Waals surface area contributed by atoms with E-state index in [-0.39, 0.29) is 31.0 Å². The minimum Gasteiger partial charge on any atom is -1.00 e. The van der Waals surface area contributed by atoms with E-state index in [2.05, 4.69) is 0 Å². The van der Waals surface area contributed by atoms with Crippen molar-refractivity contribution in [3.8, 4) is 0 Å². The minimum atomic E-state index is -4.26. The maximum atomic E-state index is 10.5. The van der Waals surface area contributed by atoms with Crippen molar-refractivity contribution in [2.75, 3.05) is 25.6 Å². The Morgan fingerprint density at radius 3 is 1.47 bits per heavy atom. The summed E-state index contributed by atoms with van der Waals surface area (Å²) in [5, 5.41) is 0. The summed E-state index contributed by atoms with van der Waals surface area (Å²) in [5.41, 5.74) is 0. The van der Waals surface area contributed by atoms with E-state index in [0.29, 0.717) is 0 Å². The van der Waals surface area contributed by atoms with Crippen LogP contribution in [0.5, 0.6) is 0 Å². The summed E-state index contributed by atoms with van der Waals surface area (Å²) in [4.78, 5) is 1.29. The van der Waals surface area contributed by atoms with Gasteiger partial charge in [-0.25, -0.2) is 0 Å². The van der Waals surface area contributed by atoms with E-state index in [4.69, 9.17) is 9.11 Å². The van der Waals surface area contributed by atoms with Gasteiger partial charge in [0.25, 0.3) is 20.2 Å². The Bertz CT molecular complexity index is 346. The third kappa shape index (κ3) is 11.1. The molecule has 10 heteroatoms. The molecule has 15 heavy (non-hydrogen) atoms. The van der Waals surface area contributed by atoms with Crippen molar-refractivity contribution < 1.29 is 56.9 Å². The van der Waals surface area contributed by atoms with Gasteiger partial charge in [-0.15, -0.1) is 0 Å². The van der Waals surface area contributed by atoms with Gasteiger partial charge in [-0.3, -0.25) is 9.11 Å². The van der Waals surface area contributed by atoms with E-state index in [1.165, 1.54) is 19.0 Å². The fourth-order valence-electron chi connectivity index (χ4n) is 0.832. The van der Waals surface area contributed by atoms with Gasteiger partial charge in [0.2, 0.25) is 0 Å². The van der Waals surface area contributed by atoms with Crippen LogP contribution in [0.3, 0.4) is 0 Å². The van der Waals surface area contributed by atoms with Gasteiger partial charge >= 0.3 is 29.6 Å². The first-order valence-electron chi connectivity index (χ1n) is 3.58. The first kappa shape index (κ1) is 18.2. The molecule has 0 unspecified atom stereocenters. The summed E-state index contributed by atoms with van der Waals surface area (Å²) in [5.74, 6) is -1.47. The SMILES string of the molecule is CN(C)C(CS(=O)(=O)O)CS(=O)(=O)O.[H-].[Na+]. The largest absolute Gasteiger partial charge is 1.00 e. The Labute approximate surface area is 113 Å². The molecule has 0 aromatic rings. The van der Waals surface area contributed by atoms with Crippen LogP contribution < -0.4 is 29.6 Å². The molecule has 0 amide bonds. The Morgan fingerprint density at radius 2 is 1.33 bits per heavy atom. The van der Waals surface area contributed by atoms with Gasteiger partial charge in [-0.05, 0) is 14.1 Å². The zero-order chi connectivity index (χ0) is 11.6. The maximum absolute atomic E-state index is 10.5. The van der Waals surface area contributed by atoms with Crippen molar-refractivity contribution in [1.29, 1.82) is 0 Å². The average Bonchev–Trinajstić information content (AvgIpc) is 1.78. The molecule has 0 aliphatic carbocycles. The van der Waals surface area contributed by atoms with Crippen molar-refractivity contribution in [3.05, 3.63) is 0 Å². The molecule has 0 atom stereocenters. The van der Waals surface area contributed by atoms with Gasteiger partial charge in [0.05, 0.1) is 11.5 Å². The van der Waals surface area contributed by atoms with E-state index in [1.54, 1.807) is 0 Å². The van der Waals surface area contributed by atoms with E-state index < -0.39 is 37.8 Å². The molecule has 0 aliphatic heterocycles. The molecule has 0 fully saturated rings. The van der Waals surface area contributed by atoms with Gasteiger partial charge in [0, 0.05) is 6.04 Å². The second-order valence-corrected chi connectivity index (χ2v) is 6.11. The molecule has 0 saturated carbocycles. The molecule has 0 aromatic carbocycles. The third-order valence-corrected chi connectivity index (χ3v) is 3.15. The van der Waals surface area contributed by atoms with Crippen LogP contribution in [0.1, 0.15) is 1.43 Å². The first-order chi connectivity index (χ1) is 6.01.